The number of hydrogen-bond donors (Lipinski definition) is 0. The minimum Gasteiger partial charge on any atom is -0.369 e. The average Bonchev–Trinajstić information content (AvgIpc) is 3.22. The molecule has 148 valence electrons. The number of methoxy groups -OCH3 is 1. The number of carbonyl (C=O) groups is 2. The van der Waals surface area contributed by atoms with Crippen molar-refractivity contribution in [1.29, 1.82) is 0 Å². The average molecular weight is 383 g/mol. The molecule has 28 heavy (non-hydrogen) atoms. The van der Waals surface area contributed by atoms with Crippen LogP contribution < -0.4 is 0 Å². The Morgan fingerprint density at radius 1 is 1.18 bits per heavy atom. The molecular formula is C20H25N5O3. The van der Waals surface area contributed by atoms with Crippen molar-refractivity contribution in [1.82, 2.24) is 24.6 Å². The van der Waals surface area contributed by atoms with Crippen LogP contribution in [-0.4, -0.2) is 68.7 Å². The van der Waals surface area contributed by atoms with E-state index in [1.54, 1.807) is 36.4 Å². The fraction of sp³-hybridized carbons (Fsp3) is 0.500. The first kappa shape index (κ1) is 18.6. The number of amides is 2. The number of aryl methyl sites for hydroxylation is 1. The maximum Gasteiger partial charge on any atom is 0.272 e. The number of β-lactam (4-membered cyclic amide) rings is 1. The highest BCUT2D eigenvalue weighted by atomic mass is 16.5. The van der Waals surface area contributed by atoms with Crippen molar-refractivity contribution in [3.8, 4) is 0 Å². The Morgan fingerprint density at radius 3 is 2.54 bits per heavy atom. The molecule has 4 rings (SSSR count). The smallest absolute Gasteiger partial charge is 0.272 e. The Morgan fingerprint density at radius 2 is 1.89 bits per heavy atom. The number of pyridine rings is 1. The number of likely N-dealkylation sites (tertiary alicyclic amines) is 2. The molecule has 4 heterocycles. The molecule has 2 atom stereocenters. The highest BCUT2D eigenvalue weighted by molar-refractivity contribution is 5.92. The van der Waals surface area contributed by atoms with Crippen LogP contribution in [0.2, 0.25) is 0 Å². The second-order valence-corrected chi connectivity index (χ2v) is 7.18. The predicted octanol–water partition coefficient (Wildman–Crippen LogP) is 1.50. The first-order valence-electron chi connectivity index (χ1n) is 9.71. The Balaban J connectivity index is 1.44. The van der Waals surface area contributed by atoms with Gasteiger partial charge < -0.3 is 14.5 Å². The monoisotopic (exact) mass is 383 g/mol. The maximum absolute atomic E-state index is 12.8. The van der Waals surface area contributed by atoms with Gasteiger partial charge in [-0.15, -0.1) is 0 Å². The Hall–Kier alpha value is -2.74. The van der Waals surface area contributed by atoms with Crippen LogP contribution in [-0.2, 0) is 16.1 Å². The molecule has 8 heteroatoms. The van der Waals surface area contributed by atoms with Gasteiger partial charge >= 0.3 is 0 Å². The van der Waals surface area contributed by atoms with Gasteiger partial charge in [0.1, 0.15) is 5.69 Å². The molecule has 0 aromatic carbocycles. The van der Waals surface area contributed by atoms with E-state index in [2.05, 4.69) is 10.1 Å². The van der Waals surface area contributed by atoms with Gasteiger partial charge in [0, 0.05) is 51.4 Å². The largest absolute Gasteiger partial charge is 0.369 e. The molecule has 2 fully saturated rings. The molecule has 2 aliphatic rings. The van der Waals surface area contributed by atoms with E-state index in [1.807, 2.05) is 28.9 Å². The number of piperidine rings is 1. The van der Waals surface area contributed by atoms with Gasteiger partial charge in [0.15, 0.2) is 6.10 Å². The number of carbonyl (C=O) groups excluding carboxylic acids is 2. The van der Waals surface area contributed by atoms with E-state index < -0.39 is 6.10 Å². The van der Waals surface area contributed by atoms with Crippen LogP contribution in [0.15, 0.2) is 36.8 Å². The second-order valence-electron chi connectivity index (χ2n) is 7.18. The van der Waals surface area contributed by atoms with Crippen LogP contribution in [0.1, 0.15) is 41.9 Å². The molecule has 2 aromatic rings. The summed E-state index contributed by atoms with van der Waals surface area (Å²) in [6, 6.07) is 5.65. The molecule has 0 saturated carbocycles. The maximum atomic E-state index is 12.8. The zero-order chi connectivity index (χ0) is 19.7. The van der Waals surface area contributed by atoms with Gasteiger partial charge in [-0.3, -0.25) is 19.3 Å². The summed E-state index contributed by atoms with van der Waals surface area (Å²) in [5, 5.41) is 4.18. The van der Waals surface area contributed by atoms with E-state index in [0.29, 0.717) is 25.3 Å². The molecular weight excluding hydrogens is 358 g/mol. The van der Waals surface area contributed by atoms with E-state index in [9.17, 15) is 9.59 Å². The number of rotatable bonds is 5. The molecule has 0 N–H and O–H groups in total. The lowest BCUT2D eigenvalue weighted by Crippen LogP contribution is -2.64. The standard InChI is InChI=1S/C20H25N5O3/c1-3-24-16(6-11-22-24)19(26)23-12-7-15(8-13-23)25-17(18(28-2)20(25)27)14-4-9-21-10-5-14/h4-6,9-11,15,17-18H,3,7-8,12-13H2,1-2H3/t17-,18+/m0/s1. The van der Waals surface area contributed by atoms with Gasteiger partial charge in [0.05, 0.1) is 6.04 Å². The first-order valence-corrected chi connectivity index (χ1v) is 9.71. The SMILES string of the molecule is CCn1nccc1C(=O)N1CCC(N2C(=O)[C@H](OC)[C@@H]2c2ccncc2)CC1. The van der Waals surface area contributed by atoms with Crippen LogP contribution in [0.4, 0.5) is 0 Å². The number of nitrogens with zero attached hydrogens (tertiary/aromatic N) is 5. The number of aromatic nitrogens is 3. The molecule has 8 nitrogen and oxygen atoms in total. The molecule has 0 spiro atoms. The van der Waals surface area contributed by atoms with Crippen molar-refractivity contribution in [2.75, 3.05) is 20.2 Å². The van der Waals surface area contributed by atoms with E-state index in [-0.39, 0.29) is 23.9 Å². The van der Waals surface area contributed by atoms with Crippen molar-refractivity contribution in [3.05, 3.63) is 48.0 Å². The van der Waals surface area contributed by atoms with Crippen LogP contribution in [0.25, 0.3) is 0 Å². The normalized spacial score (nSPS) is 23.0. The van der Waals surface area contributed by atoms with Crippen molar-refractivity contribution in [3.63, 3.8) is 0 Å². The molecule has 2 aliphatic heterocycles. The summed E-state index contributed by atoms with van der Waals surface area (Å²) in [4.78, 5) is 33.3. The summed E-state index contributed by atoms with van der Waals surface area (Å²) >= 11 is 0. The lowest BCUT2D eigenvalue weighted by Gasteiger charge is -2.52. The molecule has 0 radical (unpaired) electrons. The zero-order valence-corrected chi connectivity index (χ0v) is 16.2. The summed E-state index contributed by atoms with van der Waals surface area (Å²) < 4.78 is 7.15. The third kappa shape index (κ3) is 3.07. The van der Waals surface area contributed by atoms with Gasteiger partial charge in [-0.05, 0) is 43.5 Å². The first-order chi connectivity index (χ1) is 13.7. The fourth-order valence-electron chi connectivity index (χ4n) is 4.29. The lowest BCUT2D eigenvalue weighted by atomic mass is 9.86. The van der Waals surface area contributed by atoms with E-state index in [0.717, 1.165) is 18.4 Å². The molecule has 0 unspecified atom stereocenters. The predicted molar refractivity (Wildman–Crippen MR) is 101 cm³/mol. The van der Waals surface area contributed by atoms with Crippen LogP contribution >= 0.6 is 0 Å². The highest BCUT2D eigenvalue weighted by Gasteiger charge is 2.51. The summed E-state index contributed by atoms with van der Waals surface area (Å²) in [5.41, 5.74) is 1.65. The van der Waals surface area contributed by atoms with Crippen molar-refractivity contribution < 1.29 is 14.3 Å². The van der Waals surface area contributed by atoms with Crippen LogP contribution in [0.5, 0.6) is 0 Å². The van der Waals surface area contributed by atoms with Crippen LogP contribution in [0, 0.1) is 0 Å². The summed E-state index contributed by atoms with van der Waals surface area (Å²) in [7, 11) is 1.58. The summed E-state index contributed by atoms with van der Waals surface area (Å²) in [5.74, 6) is 0.0336. The van der Waals surface area contributed by atoms with Crippen LogP contribution in [0.3, 0.4) is 0 Å². The van der Waals surface area contributed by atoms with Gasteiger partial charge in [-0.2, -0.15) is 5.10 Å². The van der Waals surface area contributed by atoms with Gasteiger partial charge in [0.25, 0.3) is 11.8 Å². The second kappa shape index (κ2) is 7.71. The van der Waals surface area contributed by atoms with E-state index in [4.69, 9.17) is 4.74 Å². The van der Waals surface area contributed by atoms with Crippen molar-refractivity contribution in [2.45, 2.75) is 44.5 Å². The number of hydrogen-bond acceptors (Lipinski definition) is 5. The zero-order valence-electron chi connectivity index (χ0n) is 16.2. The number of ether oxygens (including phenoxy) is 1. The highest BCUT2D eigenvalue weighted by Crippen LogP contribution is 2.40. The van der Waals surface area contributed by atoms with Gasteiger partial charge in [0.2, 0.25) is 0 Å². The minimum atomic E-state index is -0.444. The molecule has 2 aromatic heterocycles. The van der Waals surface area contributed by atoms with Crippen molar-refractivity contribution >= 4 is 11.8 Å². The van der Waals surface area contributed by atoms with Gasteiger partial charge in [-0.1, -0.05) is 0 Å². The molecule has 2 amide bonds. The fourth-order valence-corrected chi connectivity index (χ4v) is 4.29. The van der Waals surface area contributed by atoms with E-state index >= 15 is 0 Å². The Labute approximate surface area is 164 Å². The third-order valence-electron chi connectivity index (χ3n) is 5.77. The quantitative estimate of drug-likeness (QED) is 0.731. The third-order valence-corrected chi connectivity index (χ3v) is 5.77. The topological polar surface area (TPSA) is 80.6 Å². The minimum absolute atomic E-state index is 0.00758. The van der Waals surface area contributed by atoms with Gasteiger partial charge in [-0.25, -0.2) is 0 Å². The Bertz CT molecular complexity index is 845. The van der Waals surface area contributed by atoms with Crippen molar-refractivity contribution in [2.24, 2.45) is 0 Å². The Kier molecular flexibility index (Phi) is 5.13. The summed E-state index contributed by atoms with van der Waals surface area (Å²) in [6.45, 7) is 3.89. The molecule has 2 saturated heterocycles. The lowest BCUT2D eigenvalue weighted by molar-refractivity contribution is -0.178. The van der Waals surface area contributed by atoms with E-state index in [1.165, 1.54) is 0 Å². The summed E-state index contributed by atoms with van der Waals surface area (Å²) in [6.07, 6.45) is 6.21. The molecule has 0 aliphatic carbocycles. The molecule has 0 bridgehead atoms.